The summed E-state index contributed by atoms with van der Waals surface area (Å²) < 4.78 is 0.914. The molecule has 4 N–H and O–H groups in total. The summed E-state index contributed by atoms with van der Waals surface area (Å²) in [5, 5.41) is 16.9. The lowest BCUT2D eigenvalue weighted by molar-refractivity contribution is -0.137. The summed E-state index contributed by atoms with van der Waals surface area (Å²) in [6.45, 7) is 2.88. The van der Waals surface area contributed by atoms with Gasteiger partial charge in [-0.15, -0.1) is 0 Å². The second kappa shape index (κ2) is 12.4. The van der Waals surface area contributed by atoms with E-state index >= 15 is 0 Å². The van der Waals surface area contributed by atoms with Gasteiger partial charge >= 0.3 is 12.0 Å². The van der Waals surface area contributed by atoms with Gasteiger partial charge in [0.25, 0.3) is 5.91 Å². The van der Waals surface area contributed by atoms with E-state index in [0.29, 0.717) is 25.1 Å². The maximum Gasteiger partial charge on any atom is 0.314 e. The van der Waals surface area contributed by atoms with Crippen molar-refractivity contribution in [3.05, 3.63) is 27.6 Å². The van der Waals surface area contributed by atoms with Gasteiger partial charge in [-0.3, -0.25) is 14.6 Å². The zero-order valence-electron chi connectivity index (χ0n) is 14.8. The van der Waals surface area contributed by atoms with Gasteiger partial charge in [0.15, 0.2) is 0 Å². The molecule has 0 aromatic carbocycles. The van der Waals surface area contributed by atoms with Crippen LogP contribution in [0.1, 0.15) is 49.4 Å². The monoisotopic (exact) mass is 476 g/mol. The Morgan fingerprint density at radius 3 is 2.50 bits per heavy atom. The van der Waals surface area contributed by atoms with E-state index in [-0.39, 0.29) is 24.4 Å². The highest BCUT2D eigenvalue weighted by molar-refractivity contribution is 14.1. The number of hydrogen-bond acceptors (Lipinski definition) is 4. The molecule has 1 aromatic heterocycles. The highest BCUT2D eigenvalue weighted by Gasteiger charge is 2.08. The number of hydrogen-bond donors (Lipinski definition) is 4. The molecule has 1 heterocycles. The predicted molar refractivity (Wildman–Crippen MR) is 106 cm³/mol. The largest absolute Gasteiger partial charge is 0.481 e. The number of halogens is 1. The minimum Gasteiger partial charge on any atom is -0.481 e. The molecular formula is C17H25IN4O4. The molecule has 144 valence electrons. The van der Waals surface area contributed by atoms with E-state index < -0.39 is 5.97 Å². The smallest absolute Gasteiger partial charge is 0.314 e. The molecule has 3 amide bonds. The van der Waals surface area contributed by atoms with Gasteiger partial charge in [-0.2, -0.15) is 0 Å². The highest BCUT2D eigenvalue weighted by atomic mass is 127. The lowest BCUT2D eigenvalue weighted by Crippen LogP contribution is -2.41. The number of amides is 3. The normalized spacial score (nSPS) is 11.5. The number of aliphatic carboxylic acids is 1. The van der Waals surface area contributed by atoms with Crippen LogP contribution in [0, 0.1) is 3.57 Å². The van der Waals surface area contributed by atoms with E-state index in [2.05, 4.69) is 43.5 Å². The van der Waals surface area contributed by atoms with Crippen molar-refractivity contribution in [2.24, 2.45) is 0 Å². The number of carbonyl (C=O) groups is 3. The van der Waals surface area contributed by atoms with Crippen LogP contribution in [0.3, 0.4) is 0 Å². The van der Waals surface area contributed by atoms with Crippen LogP contribution in [-0.4, -0.2) is 47.1 Å². The Labute approximate surface area is 166 Å². The zero-order valence-corrected chi connectivity index (χ0v) is 16.9. The fourth-order valence-electron chi connectivity index (χ4n) is 2.16. The summed E-state index contributed by atoms with van der Waals surface area (Å²) >= 11 is 2.11. The summed E-state index contributed by atoms with van der Waals surface area (Å²) in [6, 6.07) is 1.31. The molecule has 9 heteroatoms. The molecule has 0 bridgehead atoms. The molecule has 8 nitrogen and oxygen atoms in total. The van der Waals surface area contributed by atoms with Crippen molar-refractivity contribution >= 4 is 40.5 Å². The first-order chi connectivity index (χ1) is 12.4. The maximum absolute atomic E-state index is 11.9. The Balaban J connectivity index is 2.04. The predicted octanol–water partition coefficient (Wildman–Crippen LogP) is 2.14. The molecule has 0 saturated carbocycles. The second-order valence-electron chi connectivity index (χ2n) is 5.94. The van der Waals surface area contributed by atoms with E-state index in [9.17, 15) is 14.4 Å². The third-order valence-corrected chi connectivity index (χ3v) is 4.15. The Kier molecular flexibility index (Phi) is 10.6. The van der Waals surface area contributed by atoms with Gasteiger partial charge < -0.3 is 21.1 Å². The zero-order chi connectivity index (χ0) is 19.4. The van der Waals surface area contributed by atoms with E-state index in [1.54, 1.807) is 19.2 Å². The molecule has 1 aromatic rings. The van der Waals surface area contributed by atoms with Crippen LogP contribution in [0.25, 0.3) is 0 Å². The Hall–Kier alpha value is -1.91. The molecule has 0 unspecified atom stereocenters. The minimum atomic E-state index is -0.871. The van der Waals surface area contributed by atoms with Gasteiger partial charge in [-0.25, -0.2) is 4.79 Å². The van der Waals surface area contributed by atoms with Crippen LogP contribution < -0.4 is 16.0 Å². The van der Waals surface area contributed by atoms with E-state index in [1.165, 1.54) is 6.20 Å². The third-order valence-electron chi connectivity index (χ3n) is 3.56. The molecule has 0 aliphatic carbocycles. The van der Waals surface area contributed by atoms with Gasteiger partial charge in [0, 0.05) is 41.5 Å². The first-order valence-electron chi connectivity index (χ1n) is 8.53. The molecule has 0 saturated heterocycles. The topological polar surface area (TPSA) is 120 Å². The summed E-state index contributed by atoms with van der Waals surface area (Å²) in [6.07, 6.45) is 6.16. The molecule has 26 heavy (non-hydrogen) atoms. The minimum absolute atomic E-state index is 0.0331. The van der Waals surface area contributed by atoms with E-state index in [1.807, 2.05) is 0 Å². The molecule has 0 spiro atoms. The van der Waals surface area contributed by atoms with Crippen molar-refractivity contribution in [2.45, 2.75) is 45.1 Å². The van der Waals surface area contributed by atoms with Gasteiger partial charge in [-0.1, -0.05) is 0 Å². The summed E-state index contributed by atoms with van der Waals surface area (Å²) in [5.41, 5.74) is 0.548. The molecule has 1 rings (SSSR count). The summed E-state index contributed by atoms with van der Waals surface area (Å²) in [5.74, 6) is -1.01. The molecular weight excluding hydrogens is 451 g/mol. The highest BCUT2D eigenvalue weighted by Crippen LogP contribution is 2.05. The van der Waals surface area contributed by atoms with E-state index in [0.717, 1.165) is 22.8 Å². The average molecular weight is 476 g/mol. The number of rotatable bonds is 11. The fourth-order valence-corrected chi connectivity index (χ4v) is 2.65. The fraction of sp³-hybridized carbons (Fsp3) is 0.529. The van der Waals surface area contributed by atoms with E-state index in [4.69, 9.17) is 5.11 Å². The Bertz CT molecular complexity index is 612. The van der Waals surface area contributed by atoms with Crippen LogP contribution in [-0.2, 0) is 4.79 Å². The van der Waals surface area contributed by atoms with Crippen LogP contribution in [0.2, 0.25) is 0 Å². The summed E-state index contributed by atoms with van der Waals surface area (Å²) in [4.78, 5) is 38.0. The van der Waals surface area contributed by atoms with Crippen LogP contribution in [0.5, 0.6) is 0 Å². The average Bonchev–Trinajstić information content (AvgIpc) is 2.59. The number of carbonyl (C=O) groups excluding carboxylic acids is 2. The van der Waals surface area contributed by atoms with Crippen LogP contribution in [0.15, 0.2) is 18.5 Å². The number of urea groups is 1. The van der Waals surface area contributed by atoms with Crippen molar-refractivity contribution in [1.82, 2.24) is 20.9 Å². The second-order valence-corrected chi connectivity index (χ2v) is 7.19. The molecule has 0 fully saturated rings. The summed E-state index contributed by atoms with van der Waals surface area (Å²) in [7, 11) is 0. The van der Waals surface area contributed by atoms with Gasteiger partial charge in [0.05, 0.1) is 5.56 Å². The lowest BCUT2D eigenvalue weighted by atomic mass is 10.2. The van der Waals surface area contributed by atoms with Crippen LogP contribution in [0.4, 0.5) is 4.79 Å². The molecule has 0 radical (unpaired) electrons. The first kappa shape index (κ1) is 22.1. The molecule has 0 aliphatic heterocycles. The third kappa shape index (κ3) is 10.2. The van der Waals surface area contributed by atoms with Crippen molar-refractivity contribution in [3.63, 3.8) is 0 Å². The van der Waals surface area contributed by atoms with Crippen molar-refractivity contribution in [1.29, 1.82) is 0 Å². The number of carboxylic acid groups (broad SMARTS) is 1. The molecule has 1 atom stereocenters. The van der Waals surface area contributed by atoms with Crippen molar-refractivity contribution < 1.29 is 19.5 Å². The number of nitrogens with zero attached hydrogens (tertiary/aromatic N) is 1. The lowest BCUT2D eigenvalue weighted by Gasteiger charge is -2.13. The number of aromatic nitrogens is 1. The molecule has 0 aliphatic rings. The Morgan fingerprint density at radius 2 is 1.85 bits per heavy atom. The standard InChI is InChI=1S/C17H25IN4O4/c1-12(5-6-15(23)24)22-17(26)21-8-4-2-3-7-20-16(25)13-9-14(18)11-19-10-13/h9-12H,2-8H2,1H3,(H,20,25)(H,23,24)(H2,21,22,26)/t12-/m1/s1. The number of carboxylic acids is 1. The van der Waals surface area contributed by atoms with Gasteiger partial charge in [0.1, 0.15) is 0 Å². The Morgan fingerprint density at radius 1 is 1.15 bits per heavy atom. The quantitative estimate of drug-likeness (QED) is 0.288. The number of pyridine rings is 1. The van der Waals surface area contributed by atoms with Crippen molar-refractivity contribution in [3.8, 4) is 0 Å². The van der Waals surface area contributed by atoms with Crippen LogP contribution >= 0.6 is 22.6 Å². The SMILES string of the molecule is C[C@H](CCC(=O)O)NC(=O)NCCCCCNC(=O)c1cncc(I)c1. The van der Waals surface area contributed by atoms with Crippen molar-refractivity contribution in [2.75, 3.05) is 13.1 Å². The number of nitrogens with one attached hydrogen (secondary N) is 3. The maximum atomic E-state index is 11.9. The van der Waals surface area contributed by atoms with Gasteiger partial charge in [-0.05, 0) is 61.3 Å². The first-order valence-corrected chi connectivity index (χ1v) is 9.61. The number of unbranched alkanes of at least 4 members (excludes halogenated alkanes) is 2. The van der Waals surface area contributed by atoms with Gasteiger partial charge in [0.2, 0.25) is 0 Å².